The Morgan fingerprint density at radius 3 is 2.64 bits per heavy atom. The third kappa shape index (κ3) is 5.57. The van der Waals surface area contributed by atoms with Gasteiger partial charge in [0.05, 0.1) is 29.5 Å². The van der Waals surface area contributed by atoms with Crippen molar-refractivity contribution in [2.45, 2.75) is 31.9 Å². The number of rotatable bonds is 5. The van der Waals surface area contributed by atoms with Crippen molar-refractivity contribution in [2.24, 2.45) is 16.5 Å². The van der Waals surface area contributed by atoms with Crippen LogP contribution in [0.2, 0.25) is 0 Å². The van der Waals surface area contributed by atoms with Gasteiger partial charge in [0.2, 0.25) is 0 Å². The normalized spacial score (nSPS) is 14.9. The fraction of sp³-hybridized carbons (Fsp3) is 0.273. The third-order valence-corrected chi connectivity index (χ3v) is 4.87. The number of aryl methyl sites for hydroxylation is 1. The molecule has 2 aromatic rings. The Morgan fingerprint density at radius 1 is 1.21 bits per heavy atom. The number of carboxylic acids is 1. The Kier molecular flexibility index (Phi) is 7.13. The summed E-state index contributed by atoms with van der Waals surface area (Å²) in [5, 5.41) is 21.1. The number of hydrogen-bond acceptors (Lipinski definition) is 7. The van der Waals surface area contributed by atoms with Crippen molar-refractivity contribution in [3.8, 4) is 11.5 Å². The standard InChI is InChI=1S/C22H24N4O7/c1-11(27)17(20(29)30)26-19(28)15-5-2-6-16-18(15)32-9-3-4-12-10-13(25-22(23)24)7-8-14(12)21(31)33-16/h2,5-8,10-11,17,27H,3-4,9H2,1H3,(H,26,28)(H,29,30)(H4,23,24,25)/t11-,17+/m1/s1. The van der Waals surface area contributed by atoms with Crippen molar-refractivity contribution >= 4 is 29.5 Å². The van der Waals surface area contributed by atoms with E-state index >= 15 is 0 Å². The molecular formula is C22H24N4O7. The predicted octanol–water partition coefficient (Wildman–Crippen LogP) is 0.700. The third-order valence-electron chi connectivity index (χ3n) is 4.87. The maximum Gasteiger partial charge on any atom is 0.343 e. The van der Waals surface area contributed by atoms with E-state index in [0.29, 0.717) is 29.7 Å². The molecule has 2 aromatic carbocycles. The van der Waals surface area contributed by atoms with Crippen LogP contribution in [0.15, 0.2) is 41.4 Å². The molecule has 33 heavy (non-hydrogen) atoms. The molecule has 0 aromatic heterocycles. The van der Waals surface area contributed by atoms with Crippen LogP contribution in [-0.2, 0) is 11.2 Å². The molecule has 1 aliphatic rings. The molecule has 0 saturated heterocycles. The Hall–Kier alpha value is -4.12. The summed E-state index contributed by atoms with van der Waals surface area (Å²) in [5.74, 6) is -2.97. The minimum atomic E-state index is -1.53. The summed E-state index contributed by atoms with van der Waals surface area (Å²) < 4.78 is 11.3. The fourth-order valence-corrected chi connectivity index (χ4v) is 3.33. The average molecular weight is 456 g/mol. The Morgan fingerprint density at radius 2 is 1.97 bits per heavy atom. The molecule has 11 heteroatoms. The van der Waals surface area contributed by atoms with Gasteiger partial charge in [-0.25, -0.2) is 14.6 Å². The van der Waals surface area contributed by atoms with Crippen LogP contribution in [0.3, 0.4) is 0 Å². The number of benzene rings is 2. The molecule has 1 heterocycles. The number of carboxylic acid groups (broad SMARTS) is 1. The van der Waals surface area contributed by atoms with E-state index in [1.807, 2.05) is 0 Å². The van der Waals surface area contributed by atoms with Gasteiger partial charge in [0.25, 0.3) is 5.91 Å². The van der Waals surface area contributed by atoms with Crippen molar-refractivity contribution in [1.29, 1.82) is 0 Å². The quantitative estimate of drug-likeness (QED) is 0.187. The first-order chi connectivity index (χ1) is 15.7. The number of carbonyl (C=O) groups excluding carboxylic acids is 2. The molecule has 0 radical (unpaired) electrons. The summed E-state index contributed by atoms with van der Waals surface area (Å²) in [5.41, 5.74) is 12.3. The summed E-state index contributed by atoms with van der Waals surface area (Å²) in [4.78, 5) is 41.0. The number of carbonyl (C=O) groups is 3. The maximum atomic E-state index is 12.9. The highest BCUT2D eigenvalue weighted by Crippen LogP contribution is 2.34. The molecule has 0 spiro atoms. The van der Waals surface area contributed by atoms with Crippen LogP contribution in [0.5, 0.6) is 11.5 Å². The number of fused-ring (bicyclic) bond motifs is 2. The Bertz CT molecular complexity index is 1110. The highest BCUT2D eigenvalue weighted by atomic mass is 16.6. The van der Waals surface area contributed by atoms with Crippen LogP contribution < -0.4 is 26.3 Å². The van der Waals surface area contributed by atoms with E-state index in [-0.39, 0.29) is 29.6 Å². The van der Waals surface area contributed by atoms with Crippen molar-refractivity contribution in [1.82, 2.24) is 5.32 Å². The second-order valence-corrected chi connectivity index (χ2v) is 7.38. The molecule has 174 valence electrons. The van der Waals surface area contributed by atoms with Gasteiger partial charge in [-0.05, 0) is 55.7 Å². The number of aliphatic hydroxyl groups excluding tert-OH is 1. The average Bonchev–Trinajstić information content (AvgIpc) is 2.74. The van der Waals surface area contributed by atoms with Gasteiger partial charge in [0.1, 0.15) is 0 Å². The highest BCUT2D eigenvalue weighted by Gasteiger charge is 2.28. The topological polar surface area (TPSA) is 187 Å². The summed E-state index contributed by atoms with van der Waals surface area (Å²) >= 11 is 0. The lowest BCUT2D eigenvalue weighted by Gasteiger charge is -2.20. The van der Waals surface area contributed by atoms with Crippen LogP contribution in [0.4, 0.5) is 5.69 Å². The van der Waals surface area contributed by atoms with Gasteiger partial charge in [-0.3, -0.25) is 4.79 Å². The summed E-state index contributed by atoms with van der Waals surface area (Å²) in [6, 6.07) is 7.63. The van der Waals surface area contributed by atoms with Gasteiger partial charge in [-0.1, -0.05) is 6.07 Å². The number of ether oxygens (including phenoxy) is 2. The number of nitrogens with one attached hydrogen (secondary N) is 1. The van der Waals surface area contributed by atoms with Crippen molar-refractivity contribution in [2.75, 3.05) is 6.61 Å². The molecule has 11 nitrogen and oxygen atoms in total. The van der Waals surface area contributed by atoms with E-state index in [9.17, 15) is 24.6 Å². The first-order valence-corrected chi connectivity index (χ1v) is 10.1. The van der Waals surface area contributed by atoms with E-state index in [4.69, 9.17) is 20.9 Å². The minimum Gasteiger partial charge on any atom is -0.489 e. The molecule has 0 fully saturated rings. The summed E-state index contributed by atoms with van der Waals surface area (Å²) in [6.07, 6.45) is -0.389. The molecule has 0 unspecified atom stereocenters. The van der Waals surface area contributed by atoms with E-state index in [1.165, 1.54) is 25.1 Å². The number of esters is 1. The maximum absolute atomic E-state index is 12.9. The van der Waals surface area contributed by atoms with Crippen LogP contribution >= 0.6 is 0 Å². The lowest BCUT2D eigenvalue weighted by atomic mass is 10.0. The Labute approximate surface area is 189 Å². The number of nitrogens with zero attached hydrogens (tertiary/aromatic N) is 1. The van der Waals surface area contributed by atoms with Gasteiger partial charge >= 0.3 is 11.9 Å². The van der Waals surface area contributed by atoms with Crippen molar-refractivity contribution in [3.63, 3.8) is 0 Å². The molecular weight excluding hydrogens is 432 g/mol. The first kappa shape index (κ1) is 23.5. The zero-order valence-corrected chi connectivity index (χ0v) is 17.8. The zero-order chi connectivity index (χ0) is 24.1. The lowest BCUT2D eigenvalue weighted by Crippen LogP contribution is -2.47. The monoisotopic (exact) mass is 456 g/mol. The number of nitrogens with two attached hydrogens (primary N) is 2. The zero-order valence-electron chi connectivity index (χ0n) is 17.8. The minimum absolute atomic E-state index is 0.00124. The van der Waals surface area contributed by atoms with E-state index in [1.54, 1.807) is 18.2 Å². The molecule has 2 atom stereocenters. The van der Waals surface area contributed by atoms with Crippen LogP contribution in [-0.4, -0.2) is 52.8 Å². The second kappa shape index (κ2) is 10.0. The number of aliphatic imine (C=N–C) groups is 1. The molecule has 0 aliphatic carbocycles. The molecule has 7 N–H and O–H groups in total. The summed E-state index contributed by atoms with van der Waals surface area (Å²) in [7, 11) is 0. The number of amides is 1. The van der Waals surface area contributed by atoms with Crippen LogP contribution in [0, 0.1) is 0 Å². The largest absolute Gasteiger partial charge is 0.489 e. The molecule has 0 bridgehead atoms. The number of aliphatic hydroxyl groups is 1. The number of aliphatic carboxylic acids is 1. The van der Waals surface area contributed by atoms with E-state index in [0.717, 1.165) is 0 Å². The molecule has 0 saturated carbocycles. The van der Waals surface area contributed by atoms with Gasteiger partial charge in [0, 0.05) is 0 Å². The summed E-state index contributed by atoms with van der Waals surface area (Å²) in [6.45, 7) is 1.43. The Balaban J connectivity index is 1.94. The van der Waals surface area contributed by atoms with Gasteiger partial charge in [-0.15, -0.1) is 0 Å². The lowest BCUT2D eigenvalue weighted by molar-refractivity contribution is -0.141. The number of para-hydroxylation sites is 1. The smallest absolute Gasteiger partial charge is 0.343 e. The van der Waals surface area contributed by atoms with Crippen LogP contribution in [0.25, 0.3) is 0 Å². The van der Waals surface area contributed by atoms with Gasteiger partial charge < -0.3 is 36.5 Å². The second-order valence-electron chi connectivity index (χ2n) is 7.38. The van der Waals surface area contributed by atoms with Gasteiger partial charge in [0.15, 0.2) is 23.5 Å². The first-order valence-electron chi connectivity index (χ1n) is 10.1. The molecule has 1 amide bonds. The SMILES string of the molecule is C[C@@H](O)[C@H](NC(=O)c1cccc2c1OCCCc1cc(N=C(N)N)ccc1C(=O)O2)C(=O)O. The van der Waals surface area contributed by atoms with Gasteiger partial charge in [-0.2, -0.15) is 0 Å². The molecule has 3 rings (SSSR count). The highest BCUT2D eigenvalue weighted by molar-refractivity contribution is 6.00. The fourth-order valence-electron chi connectivity index (χ4n) is 3.33. The number of guanidine groups is 1. The predicted molar refractivity (Wildman–Crippen MR) is 118 cm³/mol. The van der Waals surface area contributed by atoms with E-state index in [2.05, 4.69) is 10.3 Å². The number of hydrogen-bond donors (Lipinski definition) is 5. The van der Waals surface area contributed by atoms with Crippen molar-refractivity contribution < 1.29 is 34.1 Å². The van der Waals surface area contributed by atoms with E-state index < -0.39 is 30.0 Å². The van der Waals surface area contributed by atoms with Crippen molar-refractivity contribution in [3.05, 3.63) is 53.1 Å². The molecule has 1 aliphatic heterocycles. The van der Waals surface area contributed by atoms with Crippen LogP contribution in [0.1, 0.15) is 39.6 Å².